The molecule has 2 heteroatoms. The third-order valence-electron chi connectivity index (χ3n) is 3.11. The van der Waals surface area contributed by atoms with Gasteiger partial charge in [-0.3, -0.25) is 4.79 Å². The molecule has 2 rings (SSSR count). The Balaban J connectivity index is 2.56. The number of Topliss-reactive ketones (excluding diaryl/α,β-unsaturated/α-hetero) is 1. The molecule has 0 aromatic rings. The van der Waals surface area contributed by atoms with Crippen LogP contribution in [0.25, 0.3) is 0 Å². The summed E-state index contributed by atoms with van der Waals surface area (Å²) in [7, 11) is 1.65. The van der Waals surface area contributed by atoms with Crippen LogP contribution in [0.1, 0.15) is 19.8 Å². The quantitative estimate of drug-likeness (QED) is 0.634. The van der Waals surface area contributed by atoms with E-state index in [-0.39, 0.29) is 0 Å². The predicted molar refractivity (Wildman–Crippen MR) is 54.7 cm³/mol. The van der Waals surface area contributed by atoms with Gasteiger partial charge in [-0.2, -0.15) is 0 Å². The van der Waals surface area contributed by atoms with E-state index in [0.717, 1.165) is 17.8 Å². The highest BCUT2D eigenvalue weighted by atomic mass is 16.5. The average molecular weight is 190 g/mol. The number of methoxy groups -OCH3 is 1. The molecule has 1 fully saturated rings. The summed E-state index contributed by atoms with van der Waals surface area (Å²) in [5, 5.41) is 0. The number of ether oxygens (including phenoxy) is 1. The van der Waals surface area contributed by atoms with Crippen molar-refractivity contribution in [3.05, 3.63) is 35.6 Å². The van der Waals surface area contributed by atoms with Gasteiger partial charge in [0.05, 0.1) is 12.5 Å². The summed E-state index contributed by atoms with van der Waals surface area (Å²) in [6.07, 6.45) is 9.21. The molecule has 0 bridgehead atoms. The molecule has 1 atom stereocenters. The molecule has 2 aliphatic carbocycles. The number of allylic oxidation sites excluding steroid dienone is 5. The molecule has 1 unspecified atom stereocenters. The van der Waals surface area contributed by atoms with Gasteiger partial charge in [0.2, 0.25) is 0 Å². The largest absolute Gasteiger partial charge is 0.497 e. The van der Waals surface area contributed by atoms with Gasteiger partial charge in [0, 0.05) is 6.42 Å². The summed E-state index contributed by atoms with van der Waals surface area (Å²) in [5.74, 6) is 1.14. The molecule has 0 heterocycles. The molecule has 0 aromatic carbocycles. The number of hydrogen-bond donors (Lipinski definition) is 0. The van der Waals surface area contributed by atoms with Gasteiger partial charge in [0.15, 0.2) is 0 Å². The van der Waals surface area contributed by atoms with E-state index in [1.54, 1.807) is 7.11 Å². The minimum absolute atomic E-state index is 0.294. The Hall–Kier alpha value is -1.31. The Kier molecular flexibility index (Phi) is 2.06. The first kappa shape index (κ1) is 9.25. The number of hydrogen-bond acceptors (Lipinski definition) is 2. The first-order valence-corrected chi connectivity index (χ1v) is 4.85. The van der Waals surface area contributed by atoms with Gasteiger partial charge in [-0.05, 0) is 25.0 Å². The molecule has 0 saturated heterocycles. The molecule has 2 nitrogen and oxygen atoms in total. The highest BCUT2D eigenvalue weighted by Gasteiger charge is 2.41. The Bertz CT molecular complexity index is 361. The SMILES string of the molecule is COC1=C2CCC(=O)C2(C)C=CC=C1. The van der Waals surface area contributed by atoms with Gasteiger partial charge < -0.3 is 4.74 Å². The molecule has 0 radical (unpaired) electrons. The van der Waals surface area contributed by atoms with Crippen LogP contribution in [0.2, 0.25) is 0 Å². The molecule has 0 amide bonds. The molecule has 0 aromatic heterocycles. The standard InChI is InChI=1S/C12H14O2/c1-12-8-4-3-5-10(14-2)9(12)6-7-11(12)13/h3-5,8H,6-7H2,1-2H3. The van der Waals surface area contributed by atoms with Gasteiger partial charge in [0.25, 0.3) is 0 Å². The minimum atomic E-state index is -0.422. The summed E-state index contributed by atoms with van der Waals surface area (Å²) in [5.41, 5.74) is 0.699. The lowest BCUT2D eigenvalue weighted by molar-refractivity contribution is -0.122. The number of ketones is 1. The summed E-state index contributed by atoms with van der Waals surface area (Å²) in [6.45, 7) is 1.97. The second-order valence-electron chi connectivity index (χ2n) is 3.89. The first-order valence-electron chi connectivity index (χ1n) is 4.85. The zero-order valence-corrected chi connectivity index (χ0v) is 8.54. The van der Waals surface area contributed by atoms with Crippen molar-refractivity contribution in [3.8, 4) is 0 Å². The molecule has 0 aliphatic heterocycles. The molecule has 14 heavy (non-hydrogen) atoms. The van der Waals surface area contributed by atoms with Crippen LogP contribution >= 0.6 is 0 Å². The summed E-state index contributed by atoms with van der Waals surface area (Å²) >= 11 is 0. The van der Waals surface area contributed by atoms with Crippen LogP contribution in [0.4, 0.5) is 0 Å². The van der Waals surface area contributed by atoms with Crippen LogP contribution in [-0.4, -0.2) is 12.9 Å². The zero-order valence-electron chi connectivity index (χ0n) is 8.54. The topological polar surface area (TPSA) is 26.3 Å². The van der Waals surface area contributed by atoms with Crippen molar-refractivity contribution in [3.63, 3.8) is 0 Å². The van der Waals surface area contributed by atoms with Crippen LogP contribution in [0.5, 0.6) is 0 Å². The van der Waals surface area contributed by atoms with Gasteiger partial charge in [-0.25, -0.2) is 0 Å². The van der Waals surface area contributed by atoms with Gasteiger partial charge >= 0.3 is 0 Å². The van der Waals surface area contributed by atoms with Crippen LogP contribution in [0.3, 0.4) is 0 Å². The van der Waals surface area contributed by atoms with Crippen molar-refractivity contribution in [1.82, 2.24) is 0 Å². The maximum Gasteiger partial charge on any atom is 0.147 e. The molecule has 2 aliphatic rings. The molecule has 0 N–H and O–H groups in total. The third-order valence-corrected chi connectivity index (χ3v) is 3.11. The van der Waals surface area contributed by atoms with Crippen molar-refractivity contribution in [2.45, 2.75) is 19.8 Å². The number of fused-ring (bicyclic) bond motifs is 1. The fourth-order valence-electron chi connectivity index (χ4n) is 2.18. The first-order chi connectivity index (χ1) is 6.68. The smallest absolute Gasteiger partial charge is 0.147 e. The summed E-state index contributed by atoms with van der Waals surface area (Å²) < 4.78 is 5.30. The Morgan fingerprint density at radius 1 is 1.36 bits per heavy atom. The molecule has 1 saturated carbocycles. The number of carbonyl (C=O) groups is 1. The van der Waals surface area contributed by atoms with Crippen LogP contribution in [0.15, 0.2) is 35.6 Å². The van der Waals surface area contributed by atoms with Crippen molar-refractivity contribution >= 4 is 5.78 Å². The maximum absolute atomic E-state index is 11.8. The zero-order chi connectivity index (χ0) is 10.2. The lowest BCUT2D eigenvalue weighted by Gasteiger charge is -2.20. The highest BCUT2D eigenvalue weighted by Crippen LogP contribution is 2.44. The monoisotopic (exact) mass is 190 g/mol. The third kappa shape index (κ3) is 1.14. The molecular formula is C12H14O2. The Labute approximate surface area is 83.9 Å². The van der Waals surface area contributed by atoms with Crippen molar-refractivity contribution < 1.29 is 9.53 Å². The number of carbonyl (C=O) groups excluding carboxylic acids is 1. The second kappa shape index (κ2) is 3.12. The maximum atomic E-state index is 11.8. The van der Waals surface area contributed by atoms with Crippen molar-refractivity contribution in [1.29, 1.82) is 0 Å². The summed E-state index contributed by atoms with van der Waals surface area (Å²) in [6, 6.07) is 0. The van der Waals surface area contributed by atoms with E-state index in [1.165, 1.54) is 0 Å². The lowest BCUT2D eigenvalue weighted by atomic mass is 9.83. The fourth-order valence-corrected chi connectivity index (χ4v) is 2.18. The van der Waals surface area contributed by atoms with Crippen molar-refractivity contribution in [2.24, 2.45) is 5.41 Å². The fraction of sp³-hybridized carbons (Fsp3) is 0.417. The highest BCUT2D eigenvalue weighted by molar-refractivity contribution is 5.93. The Morgan fingerprint density at radius 2 is 2.14 bits per heavy atom. The normalized spacial score (nSPS) is 30.6. The van der Waals surface area contributed by atoms with E-state index in [0.29, 0.717) is 12.2 Å². The molecule has 0 spiro atoms. The van der Waals surface area contributed by atoms with E-state index in [4.69, 9.17) is 4.74 Å². The van der Waals surface area contributed by atoms with Crippen molar-refractivity contribution in [2.75, 3.05) is 7.11 Å². The van der Waals surface area contributed by atoms with Gasteiger partial charge in [0.1, 0.15) is 11.5 Å². The second-order valence-corrected chi connectivity index (χ2v) is 3.89. The van der Waals surface area contributed by atoms with Gasteiger partial charge in [-0.1, -0.05) is 18.2 Å². The predicted octanol–water partition coefficient (Wildman–Crippen LogP) is 2.38. The average Bonchev–Trinajstić information content (AvgIpc) is 2.37. The van der Waals surface area contributed by atoms with E-state index < -0.39 is 5.41 Å². The van der Waals surface area contributed by atoms with Crippen LogP contribution < -0.4 is 0 Å². The Morgan fingerprint density at radius 3 is 2.86 bits per heavy atom. The van der Waals surface area contributed by atoms with E-state index in [2.05, 4.69) is 0 Å². The molecule has 74 valence electrons. The van der Waals surface area contributed by atoms with Gasteiger partial charge in [-0.15, -0.1) is 0 Å². The lowest BCUT2D eigenvalue weighted by Crippen LogP contribution is -2.21. The van der Waals surface area contributed by atoms with E-state index in [1.807, 2.05) is 31.2 Å². The number of rotatable bonds is 1. The minimum Gasteiger partial charge on any atom is -0.497 e. The van der Waals surface area contributed by atoms with Crippen LogP contribution in [0, 0.1) is 5.41 Å². The summed E-state index contributed by atoms with van der Waals surface area (Å²) in [4.78, 5) is 11.8. The van der Waals surface area contributed by atoms with E-state index >= 15 is 0 Å². The molecular weight excluding hydrogens is 176 g/mol. The van der Waals surface area contributed by atoms with E-state index in [9.17, 15) is 4.79 Å². The van der Waals surface area contributed by atoms with Crippen LogP contribution in [-0.2, 0) is 9.53 Å².